The van der Waals surface area contributed by atoms with Gasteiger partial charge in [0.25, 0.3) is 0 Å². The molecule has 0 amide bonds. The minimum atomic E-state index is -0.671. The van der Waals surface area contributed by atoms with Crippen LogP contribution in [0.15, 0.2) is 6.07 Å². The van der Waals surface area contributed by atoms with Crippen molar-refractivity contribution in [3.8, 4) is 0 Å². The summed E-state index contributed by atoms with van der Waals surface area (Å²) in [5, 5.41) is 2.61. The minimum absolute atomic E-state index is 0.0729. The number of anilines is 2. The van der Waals surface area contributed by atoms with Gasteiger partial charge in [-0.25, -0.2) is 13.8 Å². The maximum atomic E-state index is 13.6. The number of halogens is 2. The molecule has 0 aliphatic heterocycles. The Morgan fingerprint density at radius 1 is 1.29 bits per heavy atom. The molecule has 1 rings (SSSR count). The van der Waals surface area contributed by atoms with E-state index < -0.39 is 11.6 Å². The highest BCUT2D eigenvalue weighted by Crippen LogP contribution is 2.21. The molecule has 0 saturated carbocycles. The summed E-state index contributed by atoms with van der Waals surface area (Å²) in [4.78, 5) is 5.65. The molecule has 3 nitrogen and oxygen atoms in total. The van der Waals surface area contributed by atoms with E-state index >= 15 is 0 Å². The first-order chi connectivity index (χ1) is 8.10. The van der Waals surface area contributed by atoms with Gasteiger partial charge in [-0.05, 0) is 6.42 Å². The maximum absolute atomic E-state index is 13.6. The summed E-state index contributed by atoms with van der Waals surface area (Å²) in [6.07, 6.45) is 3.17. The van der Waals surface area contributed by atoms with E-state index in [1.165, 1.54) is 0 Å². The summed E-state index contributed by atoms with van der Waals surface area (Å²) in [5.41, 5.74) is 0. The lowest BCUT2D eigenvalue weighted by atomic mass is 10.2. The Kier molecular flexibility index (Phi) is 5.12. The average Bonchev–Trinajstić information content (AvgIpc) is 2.29. The van der Waals surface area contributed by atoms with Crippen molar-refractivity contribution in [1.82, 2.24) is 4.98 Å². The lowest BCUT2D eigenvalue weighted by Crippen LogP contribution is -2.21. The highest BCUT2D eigenvalue weighted by atomic mass is 19.1. The zero-order valence-electron chi connectivity index (χ0n) is 10.6. The van der Waals surface area contributed by atoms with Crippen LogP contribution in [0.25, 0.3) is 0 Å². The van der Waals surface area contributed by atoms with Crippen LogP contribution in [-0.2, 0) is 0 Å². The SMILES string of the molecule is CCCCCN(C)c1nc(NC)c(F)cc1F. The Bertz CT molecular complexity index is 369. The van der Waals surface area contributed by atoms with Crippen molar-refractivity contribution in [1.29, 1.82) is 0 Å². The fraction of sp³-hybridized carbons (Fsp3) is 0.583. The molecule has 0 bridgehead atoms. The van der Waals surface area contributed by atoms with Crippen molar-refractivity contribution in [2.24, 2.45) is 0 Å². The molecule has 0 aliphatic rings. The molecule has 17 heavy (non-hydrogen) atoms. The van der Waals surface area contributed by atoms with E-state index in [-0.39, 0.29) is 11.6 Å². The third kappa shape index (κ3) is 3.54. The monoisotopic (exact) mass is 243 g/mol. The van der Waals surface area contributed by atoms with Crippen molar-refractivity contribution < 1.29 is 8.78 Å². The lowest BCUT2D eigenvalue weighted by molar-refractivity contribution is 0.571. The Hall–Kier alpha value is -1.39. The van der Waals surface area contributed by atoms with E-state index in [1.54, 1.807) is 19.0 Å². The van der Waals surface area contributed by atoms with Gasteiger partial charge in [-0.2, -0.15) is 0 Å². The first kappa shape index (κ1) is 13.7. The predicted molar refractivity (Wildman–Crippen MR) is 66.5 cm³/mol. The Labute approximate surface area is 101 Å². The van der Waals surface area contributed by atoms with Gasteiger partial charge in [0.1, 0.15) is 0 Å². The molecule has 0 saturated heterocycles. The van der Waals surface area contributed by atoms with Gasteiger partial charge < -0.3 is 10.2 Å². The number of rotatable bonds is 6. The van der Waals surface area contributed by atoms with Gasteiger partial charge in [0.15, 0.2) is 23.3 Å². The zero-order chi connectivity index (χ0) is 12.8. The van der Waals surface area contributed by atoms with E-state index in [4.69, 9.17) is 0 Å². The van der Waals surface area contributed by atoms with Crippen molar-refractivity contribution in [2.75, 3.05) is 30.9 Å². The van der Waals surface area contributed by atoms with E-state index in [1.807, 2.05) is 0 Å². The molecule has 0 atom stereocenters. The quantitative estimate of drug-likeness (QED) is 0.778. The van der Waals surface area contributed by atoms with E-state index in [0.29, 0.717) is 6.54 Å². The fourth-order valence-corrected chi connectivity index (χ4v) is 1.60. The zero-order valence-corrected chi connectivity index (χ0v) is 10.6. The van der Waals surface area contributed by atoms with Gasteiger partial charge in [0.2, 0.25) is 0 Å². The largest absolute Gasteiger partial charge is 0.371 e. The topological polar surface area (TPSA) is 28.2 Å². The molecule has 1 heterocycles. The summed E-state index contributed by atoms with van der Waals surface area (Å²) in [5.74, 6) is -1.04. The maximum Gasteiger partial charge on any atom is 0.168 e. The molecule has 5 heteroatoms. The van der Waals surface area contributed by atoms with E-state index in [0.717, 1.165) is 25.3 Å². The molecular weight excluding hydrogens is 224 g/mol. The van der Waals surface area contributed by atoms with E-state index in [9.17, 15) is 8.78 Å². The number of pyridine rings is 1. The van der Waals surface area contributed by atoms with Crippen LogP contribution in [0.3, 0.4) is 0 Å². The third-order valence-electron chi connectivity index (χ3n) is 2.61. The summed E-state index contributed by atoms with van der Waals surface area (Å²) in [7, 11) is 3.32. The van der Waals surface area contributed by atoms with Crippen molar-refractivity contribution in [3.63, 3.8) is 0 Å². The molecule has 0 aliphatic carbocycles. The Morgan fingerprint density at radius 2 is 2.00 bits per heavy atom. The van der Waals surface area contributed by atoms with Crippen molar-refractivity contribution in [3.05, 3.63) is 17.7 Å². The lowest BCUT2D eigenvalue weighted by Gasteiger charge is -2.19. The Balaban J connectivity index is 2.81. The van der Waals surface area contributed by atoms with Gasteiger partial charge in [-0.3, -0.25) is 0 Å². The van der Waals surface area contributed by atoms with Gasteiger partial charge in [-0.1, -0.05) is 19.8 Å². The van der Waals surface area contributed by atoms with Crippen molar-refractivity contribution in [2.45, 2.75) is 26.2 Å². The number of nitrogens with zero attached hydrogens (tertiary/aromatic N) is 2. The normalized spacial score (nSPS) is 10.4. The van der Waals surface area contributed by atoms with Crippen LogP contribution in [-0.4, -0.2) is 25.6 Å². The summed E-state index contributed by atoms with van der Waals surface area (Å²) >= 11 is 0. The second-order valence-corrected chi connectivity index (χ2v) is 4.00. The second-order valence-electron chi connectivity index (χ2n) is 4.00. The molecule has 96 valence electrons. The molecule has 1 aromatic rings. The summed E-state index contributed by atoms with van der Waals surface area (Å²) in [6.45, 7) is 2.82. The summed E-state index contributed by atoms with van der Waals surface area (Å²) in [6, 6.07) is 0.866. The molecule has 1 N–H and O–H groups in total. The van der Waals surface area contributed by atoms with Crippen LogP contribution in [0.4, 0.5) is 20.4 Å². The first-order valence-electron chi connectivity index (χ1n) is 5.85. The third-order valence-corrected chi connectivity index (χ3v) is 2.61. The van der Waals surface area contributed by atoms with Crippen LogP contribution in [0, 0.1) is 11.6 Å². The van der Waals surface area contributed by atoms with Crippen LogP contribution >= 0.6 is 0 Å². The molecule has 0 fully saturated rings. The highest BCUT2D eigenvalue weighted by molar-refractivity contribution is 5.48. The number of nitrogens with one attached hydrogen (secondary N) is 1. The molecule has 0 radical (unpaired) electrons. The van der Waals surface area contributed by atoms with Crippen LogP contribution in [0.5, 0.6) is 0 Å². The molecule has 0 aromatic carbocycles. The fourth-order valence-electron chi connectivity index (χ4n) is 1.60. The number of hydrogen-bond acceptors (Lipinski definition) is 3. The van der Waals surface area contributed by atoms with Gasteiger partial charge >= 0.3 is 0 Å². The first-order valence-corrected chi connectivity index (χ1v) is 5.85. The van der Waals surface area contributed by atoms with E-state index in [2.05, 4.69) is 17.2 Å². The average molecular weight is 243 g/mol. The molecule has 0 unspecified atom stereocenters. The smallest absolute Gasteiger partial charge is 0.168 e. The van der Waals surface area contributed by atoms with Gasteiger partial charge in [0.05, 0.1) is 0 Å². The second kappa shape index (κ2) is 6.37. The predicted octanol–water partition coefficient (Wildman–Crippen LogP) is 3.03. The molecule has 1 aromatic heterocycles. The number of hydrogen-bond donors (Lipinski definition) is 1. The molecule has 0 spiro atoms. The highest BCUT2D eigenvalue weighted by Gasteiger charge is 2.14. The van der Waals surface area contributed by atoms with Gasteiger partial charge in [-0.15, -0.1) is 0 Å². The standard InChI is InChI=1S/C12H19F2N3/c1-4-5-6-7-17(3)12-10(14)8-9(13)11(15-2)16-12/h8H,4-7H2,1-3H3,(H,15,16). The Morgan fingerprint density at radius 3 is 2.59 bits per heavy atom. The van der Waals surface area contributed by atoms with Crippen LogP contribution in [0.1, 0.15) is 26.2 Å². The van der Waals surface area contributed by atoms with Crippen LogP contribution < -0.4 is 10.2 Å². The van der Waals surface area contributed by atoms with Crippen LogP contribution in [0.2, 0.25) is 0 Å². The van der Waals surface area contributed by atoms with Gasteiger partial charge in [0, 0.05) is 26.7 Å². The number of aromatic nitrogens is 1. The summed E-state index contributed by atoms with van der Waals surface area (Å²) < 4.78 is 26.8. The molecular formula is C12H19F2N3. The minimum Gasteiger partial charge on any atom is -0.371 e. The number of unbranched alkanes of at least 4 members (excludes halogenated alkanes) is 2. The van der Waals surface area contributed by atoms with Crippen molar-refractivity contribution >= 4 is 11.6 Å².